The van der Waals surface area contributed by atoms with Crippen molar-refractivity contribution in [1.82, 2.24) is 9.97 Å². The highest BCUT2D eigenvalue weighted by molar-refractivity contribution is 7.88. The maximum atomic E-state index is 12.3. The lowest BCUT2D eigenvalue weighted by Gasteiger charge is -2.11. The SMILES string of the molecule is O=C(O)c1c(OS(=O)(=O)C(F)(F)F)c2ncsc2[nH]c1=O. The summed E-state index contributed by atoms with van der Waals surface area (Å²) < 4.78 is 62.7. The van der Waals surface area contributed by atoms with Gasteiger partial charge in [-0.3, -0.25) is 4.79 Å². The number of nitrogens with zero attached hydrogens (tertiary/aromatic N) is 1. The van der Waals surface area contributed by atoms with Crippen LogP contribution in [0.3, 0.4) is 0 Å². The maximum absolute atomic E-state index is 12.3. The summed E-state index contributed by atoms with van der Waals surface area (Å²) in [6.07, 6.45) is 0. The third kappa shape index (κ3) is 2.56. The van der Waals surface area contributed by atoms with Crippen LogP contribution in [0.25, 0.3) is 10.3 Å². The van der Waals surface area contributed by atoms with E-state index in [1.165, 1.54) is 0 Å². The number of halogens is 3. The summed E-state index contributed by atoms with van der Waals surface area (Å²) in [4.78, 5) is 27.9. The van der Waals surface area contributed by atoms with E-state index in [1.54, 1.807) is 0 Å². The number of H-pyrrole nitrogens is 1. The Labute approximate surface area is 116 Å². The number of aromatic carboxylic acids is 1. The number of thiazole rings is 1. The Morgan fingerprint density at radius 2 is 2.05 bits per heavy atom. The number of hydrogen-bond acceptors (Lipinski definition) is 7. The van der Waals surface area contributed by atoms with Crippen molar-refractivity contribution in [3.8, 4) is 5.75 Å². The molecule has 21 heavy (non-hydrogen) atoms. The molecule has 2 heterocycles. The van der Waals surface area contributed by atoms with E-state index >= 15 is 0 Å². The second-order valence-corrected chi connectivity index (χ2v) is 5.87. The molecule has 2 aromatic rings. The predicted octanol–water partition coefficient (Wildman–Crippen LogP) is 0.911. The van der Waals surface area contributed by atoms with Gasteiger partial charge in [-0.25, -0.2) is 9.78 Å². The molecule has 8 nitrogen and oxygen atoms in total. The van der Waals surface area contributed by atoms with Crippen LogP contribution in [0.1, 0.15) is 10.4 Å². The van der Waals surface area contributed by atoms with Crippen molar-refractivity contribution >= 4 is 37.8 Å². The molecule has 0 atom stereocenters. The summed E-state index contributed by atoms with van der Waals surface area (Å²) >= 11 is 0.754. The van der Waals surface area contributed by atoms with Crippen molar-refractivity contribution in [2.75, 3.05) is 0 Å². The predicted molar refractivity (Wildman–Crippen MR) is 62.8 cm³/mol. The second kappa shape index (κ2) is 4.70. The van der Waals surface area contributed by atoms with Gasteiger partial charge in [0.1, 0.15) is 10.3 Å². The van der Waals surface area contributed by atoms with Crippen molar-refractivity contribution < 1.29 is 35.7 Å². The quantitative estimate of drug-likeness (QED) is 0.626. The number of aromatic nitrogens is 2. The molecule has 0 radical (unpaired) electrons. The number of carbonyl (C=O) groups is 1. The van der Waals surface area contributed by atoms with E-state index < -0.39 is 44.0 Å². The molecule has 0 aliphatic rings. The number of nitrogens with one attached hydrogen (secondary N) is 1. The van der Waals surface area contributed by atoms with Crippen molar-refractivity contribution in [3.63, 3.8) is 0 Å². The number of alkyl halides is 3. The first-order valence-corrected chi connectivity index (χ1v) is 7.07. The van der Waals surface area contributed by atoms with E-state index in [-0.39, 0.29) is 4.83 Å². The van der Waals surface area contributed by atoms with Crippen molar-refractivity contribution in [2.45, 2.75) is 5.51 Å². The topological polar surface area (TPSA) is 126 Å². The maximum Gasteiger partial charge on any atom is 0.534 e. The number of aromatic amines is 1. The molecule has 0 aromatic carbocycles. The zero-order valence-corrected chi connectivity index (χ0v) is 11.1. The average Bonchev–Trinajstić information content (AvgIpc) is 2.73. The van der Waals surface area contributed by atoms with Crippen LogP contribution in [0.15, 0.2) is 10.3 Å². The second-order valence-electron chi connectivity index (χ2n) is 3.48. The highest BCUT2D eigenvalue weighted by Crippen LogP contribution is 2.32. The fraction of sp³-hybridized carbons (Fsp3) is 0.125. The molecule has 13 heteroatoms. The summed E-state index contributed by atoms with van der Waals surface area (Å²) in [7, 11) is -6.14. The van der Waals surface area contributed by atoms with E-state index in [0.29, 0.717) is 0 Å². The number of hydrogen-bond donors (Lipinski definition) is 2. The van der Waals surface area contributed by atoms with Gasteiger partial charge in [-0.2, -0.15) is 21.6 Å². The Kier molecular flexibility index (Phi) is 3.41. The smallest absolute Gasteiger partial charge is 0.477 e. The number of rotatable bonds is 3. The Hall–Kier alpha value is -2.15. The first kappa shape index (κ1) is 15.2. The van der Waals surface area contributed by atoms with Crippen molar-refractivity contribution in [2.24, 2.45) is 0 Å². The van der Waals surface area contributed by atoms with Gasteiger partial charge in [-0.1, -0.05) is 0 Å². The van der Waals surface area contributed by atoms with Crippen LogP contribution in [0.4, 0.5) is 13.2 Å². The molecule has 0 amide bonds. The zero-order valence-electron chi connectivity index (χ0n) is 9.46. The number of pyridine rings is 1. The third-order valence-corrected chi connectivity index (χ3v) is 3.85. The summed E-state index contributed by atoms with van der Waals surface area (Å²) in [5, 5.41) is 8.84. The van der Waals surface area contributed by atoms with Crippen LogP contribution in [0, 0.1) is 0 Å². The lowest BCUT2D eigenvalue weighted by molar-refractivity contribution is -0.0500. The molecule has 0 saturated carbocycles. The molecule has 2 rings (SSSR count). The van der Waals surface area contributed by atoms with Crippen molar-refractivity contribution in [3.05, 3.63) is 21.4 Å². The van der Waals surface area contributed by atoms with Crippen molar-refractivity contribution in [1.29, 1.82) is 0 Å². The standard InChI is InChI=1S/C8H3F3N2O6S2/c9-8(10,11)21(17,18)19-4-2(7(15)16)5(14)13-6-3(4)12-1-20-6/h1H,(H,13,14)(H,15,16). The largest absolute Gasteiger partial charge is 0.534 e. The highest BCUT2D eigenvalue weighted by Gasteiger charge is 2.49. The van der Waals surface area contributed by atoms with Gasteiger partial charge >= 0.3 is 21.6 Å². The van der Waals surface area contributed by atoms with Crippen LogP contribution in [0.5, 0.6) is 5.75 Å². The monoisotopic (exact) mass is 344 g/mol. The van der Waals surface area contributed by atoms with Crippen LogP contribution < -0.4 is 9.74 Å². The minimum atomic E-state index is -6.14. The molecule has 0 spiro atoms. The summed E-state index contributed by atoms with van der Waals surface area (Å²) in [6.45, 7) is 0. The van der Waals surface area contributed by atoms with E-state index in [9.17, 15) is 31.2 Å². The molecular weight excluding hydrogens is 341 g/mol. The Balaban J connectivity index is 2.78. The average molecular weight is 344 g/mol. The molecule has 114 valence electrons. The molecule has 2 aromatic heterocycles. The van der Waals surface area contributed by atoms with E-state index in [0.717, 1.165) is 16.8 Å². The Morgan fingerprint density at radius 1 is 1.43 bits per heavy atom. The zero-order chi connectivity index (χ0) is 16.0. The minimum absolute atomic E-state index is 0.127. The molecule has 0 aliphatic carbocycles. The molecule has 0 aliphatic heterocycles. The fourth-order valence-electron chi connectivity index (χ4n) is 1.32. The van der Waals surface area contributed by atoms with Gasteiger partial charge in [0.05, 0.1) is 5.51 Å². The van der Waals surface area contributed by atoms with Gasteiger partial charge in [-0.15, -0.1) is 11.3 Å². The summed E-state index contributed by atoms with van der Waals surface area (Å²) in [5.41, 5.74) is -7.83. The van der Waals surface area contributed by atoms with Gasteiger partial charge in [-0.05, 0) is 0 Å². The van der Waals surface area contributed by atoms with Gasteiger partial charge < -0.3 is 14.3 Å². The van der Waals surface area contributed by atoms with Gasteiger partial charge in [0.25, 0.3) is 5.56 Å². The summed E-state index contributed by atoms with van der Waals surface area (Å²) in [6, 6.07) is 0. The lowest BCUT2D eigenvalue weighted by Crippen LogP contribution is -2.30. The normalized spacial score (nSPS) is 12.5. The molecule has 0 saturated heterocycles. The molecule has 2 N–H and O–H groups in total. The van der Waals surface area contributed by atoms with Gasteiger partial charge in [0.15, 0.2) is 11.3 Å². The fourth-order valence-corrected chi connectivity index (χ4v) is 2.46. The lowest BCUT2D eigenvalue weighted by atomic mass is 10.2. The Bertz CT molecular complexity index is 882. The molecule has 0 fully saturated rings. The number of carboxylic acid groups (broad SMARTS) is 1. The molecule has 0 unspecified atom stereocenters. The number of carboxylic acids is 1. The Morgan fingerprint density at radius 3 is 2.57 bits per heavy atom. The minimum Gasteiger partial charge on any atom is -0.477 e. The first-order valence-electron chi connectivity index (χ1n) is 4.78. The highest BCUT2D eigenvalue weighted by atomic mass is 32.2. The van der Waals surface area contributed by atoms with Crippen LogP contribution >= 0.6 is 11.3 Å². The van der Waals surface area contributed by atoms with Crippen LogP contribution in [0.2, 0.25) is 0 Å². The van der Waals surface area contributed by atoms with Gasteiger partial charge in [0, 0.05) is 0 Å². The van der Waals surface area contributed by atoms with Crippen LogP contribution in [-0.4, -0.2) is 35.0 Å². The first-order chi connectivity index (χ1) is 9.54. The molecular formula is C8H3F3N2O6S2. The third-order valence-electron chi connectivity index (χ3n) is 2.15. The van der Waals surface area contributed by atoms with Crippen LogP contribution in [-0.2, 0) is 10.1 Å². The molecule has 0 bridgehead atoms. The van der Waals surface area contributed by atoms with E-state index in [2.05, 4.69) is 9.17 Å². The summed E-state index contributed by atoms with van der Waals surface area (Å²) in [5.74, 6) is -3.24. The number of fused-ring (bicyclic) bond motifs is 1. The van der Waals surface area contributed by atoms with E-state index in [4.69, 9.17) is 5.11 Å². The van der Waals surface area contributed by atoms with E-state index in [1.807, 2.05) is 4.98 Å². The van der Waals surface area contributed by atoms with Gasteiger partial charge in [0.2, 0.25) is 0 Å².